The van der Waals surface area contributed by atoms with Crippen LogP contribution in [-0.2, 0) is 23.5 Å². The number of benzene rings is 4. The fourth-order valence-corrected chi connectivity index (χ4v) is 5.74. The zero-order chi connectivity index (χ0) is 29.0. The van der Waals surface area contributed by atoms with Crippen LogP contribution in [0.4, 0.5) is 4.39 Å². The van der Waals surface area contributed by atoms with Gasteiger partial charge < -0.3 is 23.9 Å². The first kappa shape index (κ1) is 26.5. The largest absolute Gasteiger partial charge is 0.478 e. The molecule has 0 spiro atoms. The summed E-state index contributed by atoms with van der Waals surface area (Å²) in [5, 5.41) is 9.81. The summed E-state index contributed by atoms with van der Waals surface area (Å²) in [5.41, 5.74) is 4.81. The third kappa shape index (κ3) is 4.66. The number of carboxylic acid groups (broad SMARTS) is 1. The number of fused-ring (bicyclic) bond motifs is 2. The van der Waals surface area contributed by atoms with Crippen molar-refractivity contribution in [3.8, 4) is 22.6 Å². The summed E-state index contributed by atoms with van der Waals surface area (Å²) in [6, 6.07) is 23.2. The van der Waals surface area contributed by atoms with Gasteiger partial charge in [-0.1, -0.05) is 48.0 Å². The Morgan fingerprint density at radius 2 is 1.90 bits per heavy atom. The van der Waals surface area contributed by atoms with Gasteiger partial charge in [0.25, 0.3) is 5.79 Å². The molecule has 4 aromatic carbocycles. The molecule has 42 heavy (non-hydrogen) atoms. The molecule has 0 radical (unpaired) electrons. The molecule has 9 heteroatoms. The van der Waals surface area contributed by atoms with Crippen molar-refractivity contribution in [2.45, 2.75) is 38.2 Å². The van der Waals surface area contributed by atoms with Gasteiger partial charge >= 0.3 is 5.97 Å². The Morgan fingerprint density at radius 3 is 2.62 bits per heavy atom. The number of halogens is 2. The molecule has 1 fully saturated rings. The van der Waals surface area contributed by atoms with Crippen molar-refractivity contribution in [1.29, 1.82) is 0 Å². The van der Waals surface area contributed by atoms with Crippen LogP contribution in [0.1, 0.15) is 40.7 Å². The first-order valence-electron chi connectivity index (χ1n) is 13.7. The van der Waals surface area contributed by atoms with Crippen LogP contribution in [0.3, 0.4) is 0 Å². The summed E-state index contributed by atoms with van der Waals surface area (Å²) >= 11 is 5.95. The maximum absolute atomic E-state index is 14.8. The van der Waals surface area contributed by atoms with E-state index in [4.69, 9.17) is 30.8 Å². The molecular formula is C33H26ClFN2O5. The molecule has 0 aliphatic carbocycles. The predicted octanol–water partition coefficient (Wildman–Crippen LogP) is 7.22. The zero-order valence-electron chi connectivity index (χ0n) is 22.6. The Labute approximate surface area is 246 Å². The number of hydrogen-bond acceptors (Lipinski definition) is 5. The predicted molar refractivity (Wildman–Crippen MR) is 156 cm³/mol. The van der Waals surface area contributed by atoms with Crippen LogP contribution < -0.4 is 9.47 Å². The van der Waals surface area contributed by atoms with E-state index in [2.05, 4.69) is 4.57 Å². The molecule has 212 valence electrons. The van der Waals surface area contributed by atoms with Gasteiger partial charge in [0.2, 0.25) is 0 Å². The van der Waals surface area contributed by atoms with Crippen molar-refractivity contribution < 1.29 is 28.5 Å². The number of carbonyl (C=O) groups is 1. The Balaban J connectivity index is 1.17. The van der Waals surface area contributed by atoms with Crippen LogP contribution in [0.25, 0.3) is 22.2 Å². The Kier molecular flexibility index (Phi) is 6.40. The molecule has 5 aromatic rings. The lowest BCUT2D eigenvalue weighted by atomic mass is 10.0. The van der Waals surface area contributed by atoms with Gasteiger partial charge in [0.1, 0.15) is 11.6 Å². The second-order valence-electron chi connectivity index (χ2n) is 10.7. The fraction of sp³-hybridized carbons (Fsp3) is 0.212. The van der Waals surface area contributed by atoms with E-state index in [9.17, 15) is 14.3 Å². The van der Waals surface area contributed by atoms with Gasteiger partial charge in [-0.15, -0.1) is 0 Å². The molecule has 0 bridgehead atoms. The van der Waals surface area contributed by atoms with Crippen molar-refractivity contribution in [2.75, 3.05) is 6.61 Å². The van der Waals surface area contributed by atoms with E-state index >= 15 is 0 Å². The quantitative estimate of drug-likeness (QED) is 0.217. The molecule has 2 aliphatic heterocycles. The van der Waals surface area contributed by atoms with Gasteiger partial charge in [0.15, 0.2) is 11.5 Å². The molecule has 2 aliphatic rings. The van der Waals surface area contributed by atoms with Crippen molar-refractivity contribution in [2.24, 2.45) is 0 Å². The third-order valence-corrected chi connectivity index (χ3v) is 8.12. The standard InChI is InChI=1S/C33H26ClFN2O5/c1-33(25-11-10-22(34)17-26(25)35)41-29-4-2-3-24(31(29)42-33)20-7-5-19(6-8-20)15-30-36-27-12-9-21(32(38)39)16-28(27)37(30)18-23-13-14-40-23/h2-12,16-17,23H,13-15,18H2,1H3,(H,38,39)/t23-,33-/m0/s1. The average molecular weight is 585 g/mol. The third-order valence-electron chi connectivity index (χ3n) is 7.88. The highest BCUT2D eigenvalue weighted by Crippen LogP contribution is 2.49. The second-order valence-corrected chi connectivity index (χ2v) is 11.1. The molecule has 0 saturated carbocycles. The highest BCUT2D eigenvalue weighted by atomic mass is 35.5. The first-order chi connectivity index (χ1) is 20.3. The molecule has 1 aromatic heterocycles. The number of ether oxygens (including phenoxy) is 3. The van der Waals surface area contributed by atoms with Crippen molar-refractivity contribution in [1.82, 2.24) is 9.55 Å². The normalized spacial score (nSPS) is 19.2. The number of para-hydroxylation sites is 1. The van der Waals surface area contributed by atoms with Crippen LogP contribution in [0, 0.1) is 5.82 Å². The summed E-state index contributed by atoms with van der Waals surface area (Å²) in [7, 11) is 0. The van der Waals surface area contributed by atoms with Gasteiger partial charge in [-0.25, -0.2) is 14.2 Å². The van der Waals surface area contributed by atoms with E-state index in [0.717, 1.165) is 46.6 Å². The lowest BCUT2D eigenvalue weighted by Gasteiger charge is -2.27. The molecule has 0 unspecified atom stereocenters. The smallest absolute Gasteiger partial charge is 0.335 e. The van der Waals surface area contributed by atoms with Gasteiger partial charge in [-0.05, 0) is 60.0 Å². The van der Waals surface area contributed by atoms with Crippen LogP contribution >= 0.6 is 11.6 Å². The van der Waals surface area contributed by atoms with E-state index < -0.39 is 17.6 Å². The molecule has 0 amide bonds. The van der Waals surface area contributed by atoms with E-state index in [-0.39, 0.29) is 17.2 Å². The first-order valence-corrected chi connectivity index (χ1v) is 14.1. The van der Waals surface area contributed by atoms with Gasteiger partial charge in [-0.2, -0.15) is 0 Å². The minimum Gasteiger partial charge on any atom is -0.478 e. The number of aromatic carboxylic acids is 1. The van der Waals surface area contributed by atoms with Crippen LogP contribution in [0.2, 0.25) is 5.02 Å². The topological polar surface area (TPSA) is 82.8 Å². The molecule has 2 atom stereocenters. The van der Waals surface area contributed by atoms with Crippen LogP contribution in [0.15, 0.2) is 78.9 Å². The number of imidazole rings is 1. The lowest BCUT2D eigenvalue weighted by Crippen LogP contribution is -2.32. The molecule has 7 nitrogen and oxygen atoms in total. The maximum Gasteiger partial charge on any atom is 0.335 e. The Hall–Kier alpha value is -4.40. The summed E-state index contributed by atoms with van der Waals surface area (Å²) in [6.07, 6.45) is 1.61. The zero-order valence-corrected chi connectivity index (χ0v) is 23.4. The number of hydrogen-bond donors (Lipinski definition) is 1. The lowest BCUT2D eigenvalue weighted by molar-refractivity contribution is -0.0705. The van der Waals surface area contributed by atoms with Crippen molar-refractivity contribution in [3.05, 3.63) is 112 Å². The van der Waals surface area contributed by atoms with Gasteiger partial charge in [0, 0.05) is 30.5 Å². The van der Waals surface area contributed by atoms with Gasteiger partial charge in [0.05, 0.1) is 34.8 Å². The number of rotatable bonds is 7. The molecule has 1 saturated heterocycles. The summed E-state index contributed by atoms with van der Waals surface area (Å²) in [6.45, 7) is 3.04. The van der Waals surface area contributed by atoms with E-state index in [0.29, 0.717) is 29.5 Å². The molecule has 1 N–H and O–H groups in total. The average Bonchev–Trinajstić information content (AvgIpc) is 3.47. The SMILES string of the molecule is C[C@]1(c2ccc(Cl)cc2F)Oc2cccc(-c3ccc(Cc4nc5ccc(C(=O)O)cc5n4C[C@@H]4CCO4)cc3)c2O1. The molecular weight excluding hydrogens is 559 g/mol. The molecule has 3 heterocycles. The maximum atomic E-state index is 14.8. The minimum atomic E-state index is -1.34. The number of aromatic nitrogens is 2. The van der Waals surface area contributed by atoms with E-state index in [1.807, 2.05) is 36.4 Å². The Bertz CT molecular complexity index is 1850. The fourth-order valence-electron chi connectivity index (χ4n) is 5.58. The van der Waals surface area contributed by atoms with E-state index in [1.165, 1.54) is 6.07 Å². The highest BCUT2D eigenvalue weighted by Gasteiger charge is 2.42. The minimum absolute atomic E-state index is 0.0893. The van der Waals surface area contributed by atoms with Crippen molar-refractivity contribution in [3.63, 3.8) is 0 Å². The monoisotopic (exact) mass is 584 g/mol. The van der Waals surface area contributed by atoms with Crippen LogP contribution in [-0.4, -0.2) is 33.3 Å². The highest BCUT2D eigenvalue weighted by molar-refractivity contribution is 6.30. The van der Waals surface area contributed by atoms with E-state index in [1.54, 1.807) is 43.3 Å². The summed E-state index contributed by atoms with van der Waals surface area (Å²) in [5.74, 6) is -0.898. The summed E-state index contributed by atoms with van der Waals surface area (Å²) in [4.78, 5) is 16.4. The second kappa shape index (κ2) is 10.2. The Morgan fingerprint density at radius 1 is 1.10 bits per heavy atom. The van der Waals surface area contributed by atoms with Crippen molar-refractivity contribution >= 4 is 28.6 Å². The van der Waals surface area contributed by atoms with Gasteiger partial charge in [-0.3, -0.25) is 0 Å². The molecule has 7 rings (SSSR count). The summed E-state index contributed by atoms with van der Waals surface area (Å²) < 4.78 is 34.9. The number of nitrogens with zero attached hydrogens (tertiary/aromatic N) is 2. The number of carboxylic acids is 1. The van der Waals surface area contributed by atoms with Crippen LogP contribution in [0.5, 0.6) is 11.5 Å².